The average Bonchev–Trinajstić information content (AvgIpc) is 2.70. The first-order valence-corrected chi connectivity index (χ1v) is 8.21. The van der Waals surface area contributed by atoms with Crippen LogP contribution in [0.2, 0.25) is 0 Å². The number of hydrogen-bond donors (Lipinski definition) is 1. The van der Waals surface area contributed by atoms with E-state index in [-0.39, 0.29) is 6.04 Å². The Morgan fingerprint density at radius 3 is 2.70 bits per heavy atom. The molecule has 0 aromatic carbocycles. The summed E-state index contributed by atoms with van der Waals surface area (Å²) >= 11 is 5.38. The number of likely N-dealkylation sites (N-methyl/N-ethyl adjacent to an activating group) is 1. The van der Waals surface area contributed by atoms with E-state index in [4.69, 9.17) is 5.73 Å². The lowest BCUT2D eigenvalue weighted by atomic mass is 10.2. The molecule has 0 aliphatic carbocycles. The molecular formula is C15H20BrN3S. The number of nitrogens with two attached hydrogens (primary N) is 1. The first kappa shape index (κ1) is 15.6. The second kappa shape index (κ2) is 6.80. The smallest absolute Gasteiger partial charge is 0.0565 e. The number of halogens is 1. The lowest BCUT2D eigenvalue weighted by molar-refractivity contribution is 0.242. The fourth-order valence-corrected chi connectivity index (χ4v) is 3.95. The van der Waals surface area contributed by atoms with E-state index in [0.29, 0.717) is 6.54 Å². The second-order valence-electron chi connectivity index (χ2n) is 4.99. The molecule has 108 valence electrons. The maximum Gasteiger partial charge on any atom is 0.0565 e. The van der Waals surface area contributed by atoms with Crippen molar-refractivity contribution >= 4 is 27.3 Å². The van der Waals surface area contributed by atoms with E-state index in [9.17, 15) is 0 Å². The normalized spacial score (nSPS) is 12.9. The van der Waals surface area contributed by atoms with E-state index in [2.05, 4.69) is 58.0 Å². The van der Waals surface area contributed by atoms with Crippen LogP contribution in [0.3, 0.4) is 0 Å². The van der Waals surface area contributed by atoms with Crippen molar-refractivity contribution in [3.63, 3.8) is 0 Å². The van der Waals surface area contributed by atoms with Gasteiger partial charge in [-0.1, -0.05) is 6.07 Å². The molecule has 0 saturated carbocycles. The van der Waals surface area contributed by atoms with Gasteiger partial charge in [0.25, 0.3) is 0 Å². The fraction of sp³-hybridized carbons (Fsp3) is 0.400. The molecule has 0 aliphatic rings. The topological polar surface area (TPSA) is 42.1 Å². The average molecular weight is 354 g/mol. The number of thiophene rings is 1. The summed E-state index contributed by atoms with van der Waals surface area (Å²) in [4.78, 5) is 9.41. The van der Waals surface area contributed by atoms with Gasteiger partial charge in [0, 0.05) is 33.0 Å². The molecular weight excluding hydrogens is 334 g/mol. The van der Waals surface area contributed by atoms with Gasteiger partial charge in [-0.2, -0.15) is 0 Å². The largest absolute Gasteiger partial charge is 0.329 e. The molecule has 5 heteroatoms. The molecule has 1 atom stereocenters. The van der Waals surface area contributed by atoms with Gasteiger partial charge in [-0.25, -0.2) is 0 Å². The predicted molar refractivity (Wildman–Crippen MR) is 89.0 cm³/mol. The highest BCUT2D eigenvalue weighted by atomic mass is 79.9. The molecule has 3 nitrogen and oxygen atoms in total. The van der Waals surface area contributed by atoms with Gasteiger partial charge in [-0.05, 0) is 55.0 Å². The summed E-state index contributed by atoms with van der Waals surface area (Å²) < 4.78 is 1.16. The van der Waals surface area contributed by atoms with Crippen molar-refractivity contribution in [1.82, 2.24) is 9.88 Å². The lowest BCUT2D eigenvalue weighted by Gasteiger charge is -2.25. The Balaban J connectivity index is 2.15. The number of hydrogen-bond acceptors (Lipinski definition) is 4. The highest BCUT2D eigenvalue weighted by Crippen LogP contribution is 2.32. The van der Waals surface area contributed by atoms with Crippen LogP contribution in [0.25, 0.3) is 0 Å². The third kappa shape index (κ3) is 3.67. The maximum absolute atomic E-state index is 5.98. The van der Waals surface area contributed by atoms with E-state index in [1.165, 1.54) is 9.75 Å². The Morgan fingerprint density at radius 1 is 1.40 bits per heavy atom. The molecule has 0 radical (unpaired) electrons. The first-order valence-electron chi connectivity index (χ1n) is 6.60. The molecule has 2 aromatic heterocycles. The number of pyridine rings is 1. The third-order valence-corrected chi connectivity index (χ3v) is 5.56. The van der Waals surface area contributed by atoms with Crippen molar-refractivity contribution in [1.29, 1.82) is 0 Å². The minimum absolute atomic E-state index is 0.229. The summed E-state index contributed by atoms with van der Waals surface area (Å²) in [6, 6.07) is 8.54. The summed E-state index contributed by atoms with van der Waals surface area (Å²) in [6.45, 7) is 5.55. The lowest BCUT2D eigenvalue weighted by Crippen LogP contribution is -2.29. The Kier molecular flexibility index (Phi) is 5.32. The van der Waals surface area contributed by atoms with Gasteiger partial charge in [0.15, 0.2) is 0 Å². The molecule has 2 N–H and O–H groups in total. The van der Waals surface area contributed by atoms with Gasteiger partial charge in [0.1, 0.15) is 0 Å². The standard InChI is InChI=1S/C15H20BrN3S/c1-10-5-4-6-12(18-10)9-19(3)14(8-17)15-7-13(16)11(2)20-15/h4-7,14H,8-9,17H2,1-3H3. The molecule has 0 aliphatic heterocycles. The highest BCUT2D eigenvalue weighted by molar-refractivity contribution is 9.10. The zero-order valence-corrected chi connectivity index (χ0v) is 14.5. The van der Waals surface area contributed by atoms with Crippen molar-refractivity contribution in [3.05, 3.63) is 49.9 Å². The predicted octanol–water partition coefficient (Wildman–Crippen LogP) is 3.65. The molecule has 0 bridgehead atoms. The van der Waals surface area contributed by atoms with Crippen LogP contribution in [0.5, 0.6) is 0 Å². The molecule has 0 spiro atoms. The van der Waals surface area contributed by atoms with Crippen LogP contribution < -0.4 is 5.73 Å². The van der Waals surface area contributed by atoms with Gasteiger partial charge >= 0.3 is 0 Å². The van der Waals surface area contributed by atoms with Gasteiger partial charge in [0.05, 0.1) is 11.7 Å². The summed E-state index contributed by atoms with van der Waals surface area (Å²) in [6.07, 6.45) is 0. The Bertz CT molecular complexity index is 563. The molecule has 20 heavy (non-hydrogen) atoms. The van der Waals surface area contributed by atoms with Crippen LogP contribution in [-0.4, -0.2) is 23.5 Å². The summed E-state index contributed by atoms with van der Waals surface area (Å²) in [5, 5.41) is 0. The Labute approximate surface area is 133 Å². The van der Waals surface area contributed by atoms with Crippen LogP contribution in [0.15, 0.2) is 28.7 Å². The quantitative estimate of drug-likeness (QED) is 0.891. The van der Waals surface area contributed by atoms with E-state index < -0.39 is 0 Å². The van der Waals surface area contributed by atoms with Crippen LogP contribution in [-0.2, 0) is 6.54 Å². The molecule has 0 saturated heterocycles. The Hall–Kier alpha value is -0.750. The molecule has 2 heterocycles. The molecule has 0 fully saturated rings. The third-order valence-electron chi connectivity index (χ3n) is 3.32. The van der Waals surface area contributed by atoms with E-state index >= 15 is 0 Å². The van der Waals surface area contributed by atoms with Crippen LogP contribution in [0.4, 0.5) is 0 Å². The first-order chi connectivity index (χ1) is 9.51. The molecule has 1 unspecified atom stereocenters. The SMILES string of the molecule is Cc1cccc(CN(C)C(CN)c2cc(Br)c(C)s2)n1. The van der Waals surface area contributed by atoms with E-state index in [0.717, 1.165) is 22.4 Å². The number of rotatable bonds is 5. The minimum Gasteiger partial charge on any atom is -0.329 e. The summed E-state index contributed by atoms with van der Waals surface area (Å²) in [5.74, 6) is 0. The highest BCUT2D eigenvalue weighted by Gasteiger charge is 2.19. The Morgan fingerprint density at radius 2 is 2.15 bits per heavy atom. The zero-order valence-electron chi connectivity index (χ0n) is 12.1. The van der Waals surface area contributed by atoms with E-state index in [1.807, 2.05) is 13.0 Å². The number of nitrogens with zero attached hydrogens (tertiary/aromatic N) is 2. The molecule has 0 amide bonds. The van der Waals surface area contributed by atoms with Gasteiger partial charge in [-0.3, -0.25) is 9.88 Å². The van der Waals surface area contributed by atoms with Crippen molar-refractivity contribution in [3.8, 4) is 0 Å². The van der Waals surface area contributed by atoms with Gasteiger partial charge < -0.3 is 5.73 Å². The maximum atomic E-state index is 5.98. The number of aryl methyl sites for hydroxylation is 2. The van der Waals surface area contributed by atoms with Gasteiger partial charge in [0.2, 0.25) is 0 Å². The van der Waals surface area contributed by atoms with Gasteiger partial charge in [-0.15, -0.1) is 11.3 Å². The van der Waals surface area contributed by atoms with Crippen molar-refractivity contribution in [2.75, 3.05) is 13.6 Å². The summed E-state index contributed by atoms with van der Waals surface area (Å²) in [5.41, 5.74) is 8.11. The monoisotopic (exact) mass is 353 g/mol. The molecule has 2 aromatic rings. The fourth-order valence-electron chi connectivity index (χ4n) is 2.21. The van der Waals surface area contributed by atoms with Crippen LogP contribution in [0, 0.1) is 13.8 Å². The van der Waals surface area contributed by atoms with Crippen molar-refractivity contribution < 1.29 is 0 Å². The number of aromatic nitrogens is 1. The van der Waals surface area contributed by atoms with Crippen LogP contribution >= 0.6 is 27.3 Å². The minimum atomic E-state index is 0.229. The van der Waals surface area contributed by atoms with Crippen molar-refractivity contribution in [2.24, 2.45) is 5.73 Å². The molecule has 2 rings (SSSR count). The summed E-state index contributed by atoms with van der Waals surface area (Å²) in [7, 11) is 2.10. The second-order valence-corrected chi connectivity index (χ2v) is 7.13. The van der Waals surface area contributed by atoms with Crippen LogP contribution in [0.1, 0.15) is 27.2 Å². The van der Waals surface area contributed by atoms with Crippen molar-refractivity contribution in [2.45, 2.75) is 26.4 Å². The van der Waals surface area contributed by atoms with E-state index in [1.54, 1.807) is 11.3 Å². The zero-order chi connectivity index (χ0) is 14.7.